The minimum atomic E-state index is -3.67. The Morgan fingerprint density at radius 2 is 2.12 bits per heavy atom. The summed E-state index contributed by atoms with van der Waals surface area (Å²) in [6.07, 6.45) is -0.247. The van der Waals surface area contributed by atoms with Crippen LogP contribution in [0.15, 0.2) is 27.6 Å². The third kappa shape index (κ3) is 3.79. The Labute approximate surface area is 108 Å². The van der Waals surface area contributed by atoms with Crippen LogP contribution in [-0.4, -0.2) is 26.0 Å². The normalized spacial score (nSPS) is 11.4. The Morgan fingerprint density at radius 1 is 1.47 bits per heavy atom. The summed E-state index contributed by atoms with van der Waals surface area (Å²) in [4.78, 5) is 10.4. The van der Waals surface area contributed by atoms with Crippen molar-refractivity contribution in [2.45, 2.75) is 18.2 Å². The van der Waals surface area contributed by atoms with Crippen molar-refractivity contribution >= 4 is 31.9 Å². The number of carbonyl (C=O) groups is 1. The molecule has 0 unspecified atom stereocenters. The Morgan fingerprint density at radius 3 is 2.71 bits per heavy atom. The molecule has 5 nitrogen and oxygen atoms in total. The lowest BCUT2D eigenvalue weighted by molar-refractivity contribution is -0.136. The Balaban J connectivity index is 2.90. The van der Waals surface area contributed by atoms with E-state index in [4.69, 9.17) is 5.11 Å². The van der Waals surface area contributed by atoms with Crippen LogP contribution in [0.5, 0.6) is 0 Å². The lowest BCUT2D eigenvalue weighted by Crippen LogP contribution is -2.26. The van der Waals surface area contributed by atoms with Gasteiger partial charge < -0.3 is 5.11 Å². The van der Waals surface area contributed by atoms with Gasteiger partial charge in [0, 0.05) is 11.0 Å². The molecule has 0 spiro atoms. The van der Waals surface area contributed by atoms with Crippen LogP contribution in [0.1, 0.15) is 12.0 Å². The predicted molar refractivity (Wildman–Crippen MR) is 66.3 cm³/mol. The van der Waals surface area contributed by atoms with Crippen LogP contribution in [0.25, 0.3) is 0 Å². The molecule has 1 rings (SSSR count). The number of hydrogen-bond donors (Lipinski definition) is 2. The third-order valence-corrected chi connectivity index (χ3v) is 4.90. The second-order valence-electron chi connectivity index (χ2n) is 3.43. The smallest absolute Gasteiger partial charge is 0.304 e. The number of benzene rings is 1. The van der Waals surface area contributed by atoms with Crippen LogP contribution in [0.4, 0.5) is 0 Å². The van der Waals surface area contributed by atoms with Gasteiger partial charge in [-0.1, -0.05) is 12.1 Å². The maximum atomic E-state index is 11.9. The van der Waals surface area contributed by atoms with E-state index in [-0.39, 0.29) is 17.9 Å². The van der Waals surface area contributed by atoms with E-state index in [1.54, 1.807) is 19.1 Å². The topological polar surface area (TPSA) is 83.5 Å². The van der Waals surface area contributed by atoms with Crippen molar-refractivity contribution in [1.29, 1.82) is 0 Å². The van der Waals surface area contributed by atoms with E-state index >= 15 is 0 Å². The molecule has 0 radical (unpaired) electrons. The second-order valence-corrected chi connectivity index (χ2v) is 5.96. The average Bonchev–Trinajstić information content (AvgIpc) is 2.21. The van der Waals surface area contributed by atoms with Gasteiger partial charge in [-0.05, 0) is 34.5 Å². The highest BCUT2D eigenvalue weighted by Crippen LogP contribution is 2.24. The zero-order valence-corrected chi connectivity index (χ0v) is 11.5. The molecule has 0 aliphatic carbocycles. The van der Waals surface area contributed by atoms with Gasteiger partial charge in [-0.2, -0.15) is 0 Å². The molecular weight excluding hydrogens is 310 g/mol. The molecule has 2 N–H and O–H groups in total. The molecule has 0 aromatic heterocycles. The lowest BCUT2D eigenvalue weighted by atomic mass is 10.2. The fourth-order valence-electron chi connectivity index (χ4n) is 1.20. The summed E-state index contributed by atoms with van der Waals surface area (Å²) in [5.41, 5.74) is 0.797. The van der Waals surface area contributed by atoms with Crippen molar-refractivity contribution < 1.29 is 18.3 Å². The Bertz CT molecular complexity index is 527. The van der Waals surface area contributed by atoms with Crippen LogP contribution in [0, 0.1) is 6.92 Å². The summed E-state index contributed by atoms with van der Waals surface area (Å²) in [5, 5.41) is 8.44. The maximum Gasteiger partial charge on any atom is 0.304 e. The van der Waals surface area contributed by atoms with Gasteiger partial charge in [0.15, 0.2) is 0 Å². The molecule has 1 aromatic rings. The third-order valence-electron chi connectivity index (χ3n) is 2.08. The highest BCUT2D eigenvalue weighted by Gasteiger charge is 2.18. The number of halogens is 1. The molecule has 17 heavy (non-hydrogen) atoms. The van der Waals surface area contributed by atoms with E-state index in [1.165, 1.54) is 6.07 Å². The van der Waals surface area contributed by atoms with Gasteiger partial charge in [0.05, 0.1) is 11.3 Å². The number of nitrogens with one attached hydrogen (secondary N) is 1. The zero-order chi connectivity index (χ0) is 13.1. The Hall–Kier alpha value is -0.920. The number of carboxylic acid groups (broad SMARTS) is 1. The SMILES string of the molecule is Cc1cccc(S(=O)(=O)NCCC(=O)O)c1Br. The van der Waals surface area contributed by atoms with Crippen LogP contribution in [0.3, 0.4) is 0 Å². The molecule has 0 amide bonds. The lowest BCUT2D eigenvalue weighted by Gasteiger charge is -2.09. The zero-order valence-electron chi connectivity index (χ0n) is 9.10. The van der Waals surface area contributed by atoms with Gasteiger partial charge in [0.1, 0.15) is 0 Å². The molecular formula is C10H12BrNO4S. The monoisotopic (exact) mass is 321 g/mol. The highest BCUT2D eigenvalue weighted by atomic mass is 79.9. The summed E-state index contributed by atoms with van der Waals surface area (Å²) in [5.74, 6) is -1.05. The number of hydrogen-bond acceptors (Lipinski definition) is 3. The number of carboxylic acids is 1. The van der Waals surface area contributed by atoms with Gasteiger partial charge in [-0.25, -0.2) is 13.1 Å². The van der Waals surface area contributed by atoms with E-state index in [9.17, 15) is 13.2 Å². The van der Waals surface area contributed by atoms with Crippen molar-refractivity contribution in [2.75, 3.05) is 6.54 Å². The molecule has 0 aliphatic rings. The van der Waals surface area contributed by atoms with E-state index < -0.39 is 16.0 Å². The fourth-order valence-corrected chi connectivity index (χ4v) is 3.28. The summed E-state index contributed by atoms with van der Waals surface area (Å²) in [7, 11) is -3.67. The first-order valence-electron chi connectivity index (χ1n) is 4.81. The molecule has 0 atom stereocenters. The van der Waals surface area contributed by atoms with Gasteiger partial charge in [0.25, 0.3) is 0 Å². The standard InChI is InChI=1S/C10H12BrNO4S/c1-7-3-2-4-8(10(7)11)17(15,16)12-6-5-9(13)14/h2-4,12H,5-6H2,1H3,(H,13,14). The molecule has 7 heteroatoms. The summed E-state index contributed by atoms with van der Waals surface area (Å²) < 4.78 is 26.4. The molecule has 0 saturated heterocycles. The molecule has 94 valence electrons. The van der Waals surface area contributed by atoms with Crippen molar-refractivity contribution in [3.8, 4) is 0 Å². The molecule has 1 aromatic carbocycles. The fraction of sp³-hybridized carbons (Fsp3) is 0.300. The molecule has 0 aliphatic heterocycles. The second kappa shape index (κ2) is 5.61. The summed E-state index contributed by atoms with van der Waals surface area (Å²) >= 11 is 3.20. The molecule has 0 fully saturated rings. The molecule has 0 heterocycles. The van der Waals surface area contributed by atoms with E-state index in [0.717, 1.165) is 5.56 Å². The van der Waals surface area contributed by atoms with Gasteiger partial charge >= 0.3 is 5.97 Å². The van der Waals surface area contributed by atoms with Crippen molar-refractivity contribution in [3.05, 3.63) is 28.2 Å². The highest BCUT2D eigenvalue weighted by molar-refractivity contribution is 9.10. The van der Waals surface area contributed by atoms with Crippen LogP contribution >= 0.6 is 15.9 Å². The van der Waals surface area contributed by atoms with Gasteiger partial charge in [-0.3, -0.25) is 4.79 Å². The maximum absolute atomic E-state index is 11.9. The number of aliphatic carboxylic acids is 1. The van der Waals surface area contributed by atoms with Crippen molar-refractivity contribution in [3.63, 3.8) is 0 Å². The van der Waals surface area contributed by atoms with Crippen LogP contribution < -0.4 is 4.72 Å². The van der Waals surface area contributed by atoms with Crippen molar-refractivity contribution in [1.82, 2.24) is 4.72 Å². The summed E-state index contributed by atoms with van der Waals surface area (Å²) in [6, 6.07) is 4.87. The first-order valence-corrected chi connectivity index (χ1v) is 7.09. The minimum absolute atomic E-state index is 0.114. The van der Waals surface area contributed by atoms with Crippen molar-refractivity contribution in [2.24, 2.45) is 0 Å². The minimum Gasteiger partial charge on any atom is -0.481 e. The quantitative estimate of drug-likeness (QED) is 0.861. The number of sulfonamides is 1. The first-order chi connectivity index (χ1) is 7.84. The van der Waals surface area contributed by atoms with Gasteiger partial charge in [0.2, 0.25) is 10.0 Å². The molecule has 0 saturated carbocycles. The largest absolute Gasteiger partial charge is 0.481 e. The van der Waals surface area contributed by atoms with Gasteiger partial charge in [-0.15, -0.1) is 0 Å². The van der Waals surface area contributed by atoms with E-state index in [2.05, 4.69) is 20.7 Å². The van der Waals surface area contributed by atoms with E-state index in [1.807, 2.05) is 0 Å². The first kappa shape index (κ1) is 14.1. The Kier molecular flexibility index (Phi) is 4.67. The van der Waals surface area contributed by atoms with E-state index in [0.29, 0.717) is 4.47 Å². The van der Waals surface area contributed by atoms with Crippen LogP contribution in [-0.2, 0) is 14.8 Å². The van der Waals surface area contributed by atoms with Crippen LogP contribution in [0.2, 0.25) is 0 Å². The summed E-state index contributed by atoms with van der Waals surface area (Å²) in [6.45, 7) is 1.65. The number of aryl methyl sites for hydroxylation is 1. The molecule has 0 bridgehead atoms. The average molecular weight is 322 g/mol. The number of rotatable bonds is 5. The predicted octanol–water partition coefficient (Wildman–Crippen LogP) is 1.51.